The fraction of sp³-hybridized carbons (Fsp3) is 1.00. The van der Waals surface area contributed by atoms with Crippen molar-refractivity contribution in [2.24, 2.45) is 5.92 Å². The molecule has 2 saturated heterocycles. The molecule has 0 amide bonds. The highest BCUT2D eigenvalue weighted by molar-refractivity contribution is 4.89. The van der Waals surface area contributed by atoms with Crippen molar-refractivity contribution in [3.8, 4) is 0 Å². The molecule has 0 aromatic carbocycles. The van der Waals surface area contributed by atoms with Gasteiger partial charge in [0.2, 0.25) is 0 Å². The Kier molecular flexibility index (Phi) is 1.88. The Balaban J connectivity index is 1.83. The minimum absolute atomic E-state index is 0.681. The van der Waals surface area contributed by atoms with Gasteiger partial charge in [-0.15, -0.1) is 0 Å². The van der Waals surface area contributed by atoms with Gasteiger partial charge in [0.05, 0.1) is 13.2 Å². The lowest BCUT2D eigenvalue weighted by molar-refractivity contribution is 0.0410. The second-order valence-electron chi connectivity index (χ2n) is 3.05. The number of fused-ring (bicyclic) bond motifs is 1. The summed E-state index contributed by atoms with van der Waals surface area (Å²) in [7, 11) is 0. The molecule has 0 radical (unpaired) electrons. The Hall–Kier alpha value is -0.120. The molecule has 2 aliphatic heterocycles. The molecule has 0 spiro atoms. The number of nitrogens with one attached hydrogen (secondary N) is 2. The number of rotatable bonds is 0. The van der Waals surface area contributed by atoms with E-state index in [2.05, 4.69) is 10.6 Å². The van der Waals surface area contributed by atoms with Gasteiger partial charge in [-0.05, 0) is 0 Å². The third-order valence-electron chi connectivity index (χ3n) is 2.33. The monoisotopic (exact) mass is 142 g/mol. The van der Waals surface area contributed by atoms with E-state index in [0.717, 1.165) is 38.8 Å². The van der Waals surface area contributed by atoms with Crippen molar-refractivity contribution in [1.29, 1.82) is 0 Å². The predicted molar refractivity (Wildman–Crippen MR) is 39.0 cm³/mol. The summed E-state index contributed by atoms with van der Waals surface area (Å²) in [6.07, 6.45) is 0. The highest BCUT2D eigenvalue weighted by atomic mass is 16.5. The van der Waals surface area contributed by atoms with E-state index in [1.165, 1.54) is 0 Å². The first-order valence-electron chi connectivity index (χ1n) is 3.98. The predicted octanol–water partition coefficient (Wildman–Crippen LogP) is -0.806. The number of hydrogen-bond donors (Lipinski definition) is 2. The minimum atomic E-state index is 0.681. The van der Waals surface area contributed by atoms with Crippen LogP contribution in [-0.2, 0) is 4.74 Å². The molecule has 0 saturated carbocycles. The molecule has 2 unspecified atom stereocenters. The summed E-state index contributed by atoms with van der Waals surface area (Å²) in [5.74, 6) is 0.771. The van der Waals surface area contributed by atoms with Gasteiger partial charge in [-0.2, -0.15) is 0 Å². The summed E-state index contributed by atoms with van der Waals surface area (Å²) in [4.78, 5) is 0. The molecule has 3 heteroatoms. The first-order chi connectivity index (χ1) is 4.97. The van der Waals surface area contributed by atoms with Gasteiger partial charge in [0.1, 0.15) is 0 Å². The van der Waals surface area contributed by atoms with Crippen LogP contribution in [0, 0.1) is 5.92 Å². The van der Waals surface area contributed by atoms with Crippen LogP contribution in [0.15, 0.2) is 0 Å². The molecule has 10 heavy (non-hydrogen) atoms. The molecule has 58 valence electrons. The normalized spacial score (nSPS) is 40.8. The van der Waals surface area contributed by atoms with E-state index >= 15 is 0 Å². The fourth-order valence-electron chi connectivity index (χ4n) is 1.50. The van der Waals surface area contributed by atoms with Gasteiger partial charge in [0, 0.05) is 31.6 Å². The van der Waals surface area contributed by atoms with Crippen LogP contribution in [0.4, 0.5) is 0 Å². The molecule has 3 nitrogen and oxygen atoms in total. The maximum atomic E-state index is 5.41. The second-order valence-corrected chi connectivity index (χ2v) is 3.05. The van der Waals surface area contributed by atoms with Crippen LogP contribution in [0.3, 0.4) is 0 Å². The summed E-state index contributed by atoms with van der Waals surface area (Å²) < 4.78 is 5.41. The molecular weight excluding hydrogens is 128 g/mol. The SMILES string of the molecule is C1COCC2CNC2CN1. The molecule has 0 aromatic rings. The Morgan fingerprint density at radius 2 is 2.30 bits per heavy atom. The zero-order valence-corrected chi connectivity index (χ0v) is 6.10. The first kappa shape index (κ1) is 6.58. The zero-order chi connectivity index (χ0) is 6.81. The number of ether oxygens (including phenoxy) is 1. The van der Waals surface area contributed by atoms with Crippen molar-refractivity contribution >= 4 is 0 Å². The number of hydrogen-bond acceptors (Lipinski definition) is 3. The largest absolute Gasteiger partial charge is 0.380 e. The van der Waals surface area contributed by atoms with Crippen LogP contribution in [0.5, 0.6) is 0 Å². The van der Waals surface area contributed by atoms with Crippen LogP contribution in [0.1, 0.15) is 0 Å². The summed E-state index contributed by atoms with van der Waals surface area (Å²) in [6.45, 7) is 5.11. The van der Waals surface area contributed by atoms with Crippen molar-refractivity contribution in [2.75, 3.05) is 32.8 Å². The second kappa shape index (κ2) is 2.86. The first-order valence-corrected chi connectivity index (χ1v) is 3.98. The van der Waals surface area contributed by atoms with E-state index in [0.29, 0.717) is 6.04 Å². The molecule has 2 rings (SSSR count). The lowest BCUT2D eigenvalue weighted by Crippen LogP contribution is -2.60. The topological polar surface area (TPSA) is 33.3 Å². The fourth-order valence-corrected chi connectivity index (χ4v) is 1.50. The minimum Gasteiger partial charge on any atom is -0.380 e. The van der Waals surface area contributed by atoms with Gasteiger partial charge in [0.15, 0.2) is 0 Å². The van der Waals surface area contributed by atoms with Crippen LogP contribution in [0.25, 0.3) is 0 Å². The molecule has 0 aromatic heterocycles. The maximum Gasteiger partial charge on any atom is 0.0591 e. The van der Waals surface area contributed by atoms with E-state index in [4.69, 9.17) is 4.74 Å². The highest BCUT2D eigenvalue weighted by Crippen LogP contribution is 2.13. The van der Waals surface area contributed by atoms with Gasteiger partial charge in [-0.25, -0.2) is 0 Å². The molecule has 2 heterocycles. The van der Waals surface area contributed by atoms with Gasteiger partial charge < -0.3 is 15.4 Å². The van der Waals surface area contributed by atoms with E-state index in [9.17, 15) is 0 Å². The lowest BCUT2D eigenvalue weighted by Gasteiger charge is -2.39. The van der Waals surface area contributed by atoms with Crippen molar-refractivity contribution in [2.45, 2.75) is 6.04 Å². The Morgan fingerprint density at radius 3 is 3.10 bits per heavy atom. The average Bonchev–Trinajstić information content (AvgIpc) is 1.89. The smallest absolute Gasteiger partial charge is 0.0591 e. The van der Waals surface area contributed by atoms with Gasteiger partial charge in [-0.1, -0.05) is 0 Å². The third kappa shape index (κ3) is 1.17. The highest BCUT2D eigenvalue weighted by Gasteiger charge is 2.30. The van der Waals surface area contributed by atoms with Gasteiger partial charge in [0.25, 0.3) is 0 Å². The van der Waals surface area contributed by atoms with Crippen molar-refractivity contribution in [1.82, 2.24) is 10.6 Å². The summed E-state index contributed by atoms with van der Waals surface area (Å²) in [5, 5.41) is 6.70. The van der Waals surface area contributed by atoms with Crippen LogP contribution < -0.4 is 10.6 Å². The molecule has 2 aliphatic rings. The Bertz CT molecular complexity index is 104. The van der Waals surface area contributed by atoms with E-state index in [-0.39, 0.29) is 0 Å². The average molecular weight is 142 g/mol. The quantitative estimate of drug-likeness (QED) is 0.464. The molecular formula is C7H14N2O. The summed E-state index contributed by atoms with van der Waals surface area (Å²) >= 11 is 0. The van der Waals surface area contributed by atoms with Gasteiger partial charge >= 0.3 is 0 Å². The standard InChI is InChI=1S/C7H14N2O/c1-2-10-5-6-3-9-7(6)4-8-1/h6-9H,1-5H2. The Morgan fingerprint density at radius 1 is 1.30 bits per heavy atom. The van der Waals surface area contributed by atoms with E-state index in [1.54, 1.807) is 0 Å². The van der Waals surface area contributed by atoms with Crippen molar-refractivity contribution in [3.05, 3.63) is 0 Å². The molecule has 0 bridgehead atoms. The van der Waals surface area contributed by atoms with Crippen molar-refractivity contribution in [3.63, 3.8) is 0 Å². The third-order valence-corrected chi connectivity index (χ3v) is 2.33. The lowest BCUT2D eigenvalue weighted by atomic mass is 9.92. The zero-order valence-electron chi connectivity index (χ0n) is 6.10. The maximum absolute atomic E-state index is 5.41. The molecule has 0 aliphatic carbocycles. The molecule has 2 N–H and O–H groups in total. The summed E-state index contributed by atoms with van der Waals surface area (Å²) in [5.41, 5.74) is 0. The Labute approximate surface area is 61.1 Å². The van der Waals surface area contributed by atoms with Gasteiger partial charge in [-0.3, -0.25) is 0 Å². The van der Waals surface area contributed by atoms with Crippen LogP contribution >= 0.6 is 0 Å². The van der Waals surface area contributed by atoms with E-state index in [1.807, 2.05) is 0 Å². The molecule has 2 atom stereocenters. The van der Waals surface area contributed by atoms with Crippen LogP contribution in [-0.4, -0.2) is 38.9 Å². The molecule has 2 fully saturated rings. The van der Waals surface area contributed by atoms with Crippen LogP contribution in [0.2, 0.25) is 0 Å². The summed E-state index contributed by atoms with van der Waals surface area (Å²) in [6, 6.07) is 0.681. The van der Waals surface area contributed by atoms with E-state index < -0.39 is 0 Å². The van der Waals surface area contributed by atoms with Crippen molar-refractivity contribution < 1.29 is 4.74 Å².